The highest BCUT2D eigenvalue weighted by Gasteiger charge is 2.29. The zero-order valence-corrected chi connectivity index (χ0v) is 24.1. The SMILES string of the molecule is COc1cccc(C(=O)Nc2cc(C(=O)NC3CCC(N)CC3)ccc2N2CCN(C(=O)C3CCCCC3)CC2)c1. The number of ether oxygens (including phenoxy) is 1. The van der Waals surface area contributed by atoms with Gasteiger partial charge in [-0.15, -0.1) is 0 Å². The van der Waals surface area contributed by atoms with E-state index in [1.807, 2.05) is 17.0 Å². The molecule has 3 aliphatic rings. The number of amides is 3. The highest BCUT2D eigenvalue weighted by molar-refractivity contribution is 6.07. The van der Waals surface area contributed by atoms with E-state index in [9.17, 15) is 14.4 Å². The van der Waals surface area contributed by atoms with Crippen molar-refractivity contribution in [3.63, 3.8) is 0 Å². The zero-order valence-electron chi connectivity index (χ0n) is 24.1. The maximum Gasteiger partial charge on any atom is 0.255 e. The Morgan fingerprint density at radius 2 is 1.54 bits per heavy atom. The second kappa shape index (κ2) is 13.4. The van der Waals surface area contributed by atoms with Gasteiger partial charge in [-0.1, -0.05) is 25.3 Å². The number of hydrogen-bond acceptors (Lipinski definition) is 6. The van der Waals surface area contributed by atoms with Crippen molar-refractivity contribution < 1.29 is 19.1 Å². The standard InChI is InChI=1S/C32H43N5O4/c1-41-27-9-5-8-23(20-27)31(39)35-28-21-24(30(38)34-26-13-11-25(33)12-14-26)10-15-29(28)36-16-18-37(19-17-36)32(40)22-6-3-2-4-7-22/h5,8-10,15,20-22,25-26H,2-4,6-7,11-14,16-19,33H2,1H3,(H,34,38)(H,35,39). The van der Waals surface area contributed by atoms with Crippen LogP contribution in [0.1, 0.15) is 78.5 Å². The van der Waals surface area contributed by atoms with Gasteiger partial charge in [-0.25, -0.2) is 0 Å². The van der Waals surface area contributed by atoms with Crippen molar-refractivity contribution in [2.75, 3.05) is 43.5 Å². The van der Waals surface area contributed by atoms with E-state index in [4.69, 9.17) is 10.5 Å². The van der Waals surface area contributed by atoms with E-state index in [0.717, 1.165) is 57.1 Å². The van der Waals surface area contributed by atoms with Gasteiger partial charge in [0.25, 0.3) is 11.8 Å². The normalized spacial score (nSPS) is 21.7. The molecule has 0 radical (unpaired) electrons. The molecule has 0 unspecified atom stereocenters. The second-order valence-corrected chi connectivity index (χ2v) is 11.7. The first-order chi connectivity index (χ1) is 19.9. The minimum Gasteiger partial charge on any atom is -0.497 e. The molecular formula is C32H43N5O4. The Labute approximate surface area is 242 Å². The van der Waals surface area contributed by atoms with Gasteiger partial charge >= 0.3 is 0 Å². The predicted octanol–water partition coefficient (Wildman–Crippen LogP) is 4.18. The number of nitrogens with two attached hydrogens (primary N) is 1. The molecule has 5 rings (SSSR count). The third kappa shape index (κ3) is 7.19. The lowest BCUT2D eigenvalue weighted by Crippen LogP contribution is -2.50. The summed E-state index contributed by atoms with van der Waals surface area (Å²) in [5, 5.41) is 6.20. The van der Waals surface area contributed by atoms with Gasteiger partial charge in [-0.3, -0.25) is 14.4 Å². The monoisotopic (exact) mass is 561 g/mol. The lowest BCUT2D eigenvalue weighted by atomic mass is 9.88. The Morgan fingerprint density at radius 1 is 0.829 bits per heavy atom. The fourth-order valence-corrected chi connectivity index (χ4v) is 6.32. The molecule has 1 heterocycles. The van der Waals surface area contributed by atoms with Crippen LogP contribution in [0.3, 0.4) is 0 Å². The van der Waals surface area contributed by atoms with Crippen molar-refractivity contribution in [1.82, 2.24) is 10.2 Å². The number of methoxy groups -OCH3 is 1. The van der Waals surface area contributed by atoms with Crippen molar-refractivity contribution in [2.24, 2.45) is 11.7 Å². The molecule has 4 N–H and O–H groups in total. The van der Waals surface area contributed by atoms with Crippen LogP contribution in [0.15, 0.2) is 42.5 Å². The van der Waals surface area contributed by atoms with Gasteiger partial charge in [0.2, 0.25) is 5.91 Å². The molecule has 3 fully saturated rings. The van der Waals surface area contributed by atoms with Gasteiger partial charge in [-0.05, 0) is 74.9 Å². The number of nitrogens with one attached hydrogen (secondary N) is 2. The highest BCUT2D eigenvalue weighted by Crippen LogP contribution is 2.31. The van der Waals surface area contributed by atoms with E-state index >= 15 is 0 Å². The van der Waals surface area contributed by atoms with Gasteiger partial charge in [0.15, 0.2) is 0 Å². The zero-order chi connectivity index (χ0) is 28.8. The Bertz CT molecular complexity index is 1230. The number of carbonyl (C=O) groups is 3. The molecule has 2 aliphatic carbocycles. The van der Waals surface area contributed by atoms with Crippen LogP contribution >= 0.6 is 0 Å². The number of carbonyl (C=O) groups excluding carboxylic acids is 3. The molecule has 0 aromatic heterocycles. The molecule has 9 heteroatoms. The fraction of sp³-hybridized carbons (Fsp3) is 0.531. The maximum absolute atomic E-state index is 13.3. The van der Waals surface area contributed by atoms with Crippen LogP contribution < -0.4 is 26.0 Å². The van der Waals surface area contributed by atoms with Gasteiger partial charge in [0.1, 0.15) is 5.75 Å². The highest BCUT2D eigenvalue weighted by atomic mass is 16.5. The summed E-state index contributed by atoms with van der Waals surface area (Å²) in [6.07, 6.45) is 9.05. The van der Waals surface area contributed by atoms with Crippen LogP contribution in [0.2, 0.25) is 0 Å². The third-order valence-corrected chi connectivity index (χ3v) is 8.83. The number of anilines is 2. The molecule has 41 heavy (non-hydrogen) atoms. The van der Waals surface area contributed by atoms with Gasteiger partial charge in [-0.2, -0.15) is 0 Å². The molecular weight excluding hydrogens is 518 g/mol. The van der Waals surface area contributed by atoms with E-state index in [-0.39, 0.29) is 35.7 Å². The van der Waals surface area contributed by atoms with Crippen molar-refractivity contribution in [1.29, 1.82) is 0 Å². The molecule has 2 aromatic rings. The topological polar surface area (TPSA) is 117 Å². The number of nitrogens with zero attached hydrogens (tertiary/aromatic N) is 2. The van der Waals surface area contributed by atoms with Gasteiger partial charge < -0.3 is 30.9 Å². The van der Waals surface area contributed by atoms with E-state index in [2.05, 4.69) is 15.5 Å². The quantitative estimate of drug-likeness (QED) is 0.467. The summed E-state index contributed by atoms with van der Waals surface area (Å²) >= 11 is 0. The summed E-state index contributed by atoms with van der Waals surface area (Å²) in [6, 6.07) is 12.8. The molecule has 0 spiro atoms. The van der Waals surface area contributed by atoms with E-state index < -0.39 is 0 Å². The molecule has 2 saturated carbocycles. The first-order valence-corrected chi connectivity index (χ1v) is 15.1. The van der Waals surface area contributed by atoms with E-state index in [0.29, 0.717) is 48.7 Å². The average Bonchev–Trinajstić information content (AvgIpc) is 3.02. The smallest absolute Gasteiger partial charge is 0.255 e. The van der Waals surface area contributed by atoms with Crippen molar-refractivity contribution in [2.45, 2.75) is 69.9 Å². The third-order valence-electron chi connectivity index (χ3n) is 8.83. The van der Waals surface area contributed by atoms with Crippen molar-refractivity contribution in [3.05, 3.63) is 53.6 Å². The summed E-state index contributed by atoms with van der Waals surface area (Å²) in [4.78, 5) is 43.8. The van der Waals surface area contributed by atoms with E-state index in [1.54, 1.807) is 37.4 Å². The fourth-order valence-electron chi connectivity index (χ4n) is 6.32. The number of hydrogen-bond donors (Lipinski definition) is 3. The molecule has 2 aromatic carbocycles. The first-order valence-electron chi connectivity index (χ1n) is 15.1. The number of piperazine rings is 1. The largest absolute Gasteiger partial charge is 0.497 e. The lowest BCUT2D eigenvalue weighted by molar-refractivity contribution is -0.136. The van der Waals surface area contributed by atoms with Gasteiger partial charge in [0.05, 0.1) is 18.5 Å². The molecule has 1 saturated heterocycles. The van der Waals surface area contributed by atoms with Crippen LogP contribution in [-0.4, -0.2) is 68.0 Å². The Hall–Kier alpha value is -3.59. The van der Waals surface area contributed by atoms with Crippen LogP contribution in [0.5, 0.6) is 5.75 Å². The molecule has 1 aliphatic heterocycles. The Kier molecular flexibility index (Phi) is 9.44. The Morgan fingerprint density at radius 3 is 2.24 bits per heavy atom. The summed E-state index contributed by atoms with van der Waals surface area (Å²) in [6.45, 7) is 2.61. The summed E-state index contributed by atoms with van der Waals surface area (Å²) in [7, 11) is 1.57. The molecule has 0 bridgehead atoms. The van der Waals surface area contributed by atoms with Crippen LogP contribution in [0.25, 0.3) is 0 Å². The van der Waals surface area contributed by atoms with Crippen LogP contribution in [0.4, 0.5) is 11.4 Å². The molecule has 3 amide bonds. The molecule has 0 atom stereocenters. The van der Waals surface area contributed by atoms with Crippen molar-refractivity contribution >= 4 is 29.1 Å². The average molecular weight is 562 g/mol. The minimum atomic E-state index is -0.282. The van der Waals surface area contributed by atoms with Gasteiger partial charge in [0, 0.05) is 55.3 Å². The predicted molar refractivity (Wildman–Crippen MR) is 160 cm³/mol. The summed E-state index contributed by atoms with van der Waals surface area (Å²) in [5.41, 5.74) is 8.41. The van der Waals surface area contributed by atoms with Crippen LogP contribution in [-0.2, 0) is 4.79 Å². The number of rotatable bonds is 7. The molecule has 9 nitrogen and oxygen atoms in total. The minimum absolute atomic E-state index is 0.103. The number of benzene rings is 2. The lowest BCUT2D eigenvalue weighted by Gasteiger charge is -2.39. The van der Waals surface area contributed by atoms with Crippen LogP contribution in [0, 0.1) is 5.92 Å². The van der Waals surface area contributed by atoms with E-state index in [1.165, 1.54) is 6.42 Å². The maximum atomic E-state index is 13.3. The summed E-state index contributed by atoms with van der Waals surface area (Å²) in [5.74, 6) is 0.598. The Balaban J connectivity index is 1.32. The second-order valence-electron chi connectivity index (χ2n) is 11.7. The first kappa shape index (κ1) is 28.9. The summed E-state index contributed by atoms with van der Waals surface area (Å²) < 4.78 is 5.30. The van der Waals surface area contributed by atoms with Crippen molar-refractivity contribution in [3.8, 4) is 5.75 Å². The molecule has 220 valence electrons.